The summed E-state index contributed by atoms with van der Waals surface area (Å²) >= 11 is 0. The predicted octanol–water partition coefficient (Wildman–Crippen LogP) is 2.54. The van der Waals surface area contributed by atoms with Crippen LogP contribution < -0.4 is 4.74 Å². The van der Waals surface area contributed by atoms with Crippen LogP contribution >= 0.6 is 0 Å². The van der Waals surface area contributed by atoms with Gasteiger partial charge in [0.1, 0.15) is 23.1 Å². The number of rotatable bonds is 4. The van der Waals surface area contributed by atoms with E-state index in [1.807, 2.05) is 6.07 Å². The minimum absolute atomic E-state index is 0.0601. The van der Waals surface area contributed by atoms with Gasteiger partial charge in [-0.15, -0.1) is 4.91 Å². The van der Waals surface area contributed by atoms with E-state index < -0.39 is 11.5 Å². The van der Waals surface area contributed by atoms with Gasteiger partial charge in [0.05, 0.1) is 13.3 Å². The molecular weight excluding hydrogens is 288 g/mol. The molecule has 1 aromatic carbocycles. The summed E-state index contributed by atoms with van der Waals surface area (Å²) in [6.07, 6.45) is 4.11. The highest BCUT2D eigenvalue weighted by Crippen LogP contribution is 2.39. The second-order valence-electron chi connectivity index (χ2n) is 4.06. The molecule has 0 radical (unpaired) electrons. The van der Waals surface area contributed by atoms with Crippen molar-refractivity contribution in [2.24, 2.45) is 5.18 Å². The number of nitrogens with zero attached hydrogens (tertiary/aromatic N) is 4. The minimum Gasteiger partial charge on any atom is -0.506 e. The fraction of sp³-hybridized carbons (Fsp3) is 0.0714. The van der Waals surface area contributed by atoms with Gasteiger partial charge in [0, 0.05) is 18.0 Å². The summed E-state index contributed by atoms with van der Waals surface area (Å²) in [6, 6.07) is 4.22. The number of aromatic hydroxyl groups is 1. The van der Waals surface area contributed by atoms with Gasteiger partial charge in [0.25, 0.3) is 0 Å². The second-order valence-corrected chi connectivity index (χ2v) is 4.06. The summed E-state index contributed by atoms with van der Waals surface area (Å²) in [5.41, 5.74) is -0.225. The highest BCUT2D eigenvalue weighted by molar-refractivity contribution is 5.93. The number of aromatic nitrogens is 2. The highest BCUT2D eigenvalue weighted by atomic mass is 16.5. The Balaban J connectivity index is 2.66. The fourth-order valence-electron chi connectivity index (χ4n) is 1.76. The van der Waals surface area contributed by atoms with E-state index in [2.05, 4.69) is 15.1 Å². The maximum absolute atomic E-state index is 10.7. The normalized spacial score (nSPS) is 11.3. The van der Waals surface area contributed by atoms with Crippen LogP contribution in [0.1, 0.15) is 11.3 Å². The summed E-state index contributed by atoms with van der Waals surface area (Å²) in [5.74, 6) is -0.951. The number of phenolic OH excluding ortho intramolecular Hbond substituents is 1. The number of nitriles is 1. The van der Waals surface area contributed by atoms with Crippen LogP contribution in [0.4, 0.5) is 5.69 Å². The Bertz CT molecular complexity index is 781. The number of allylic oxidation sites excluding steroid dienone is 1. The van der Waals surface area contributed by atoms with Crippen LogP contribution in [0.3, 0.4) is 0 Å². The minimum atomic E-state index is -0.452. The van der Waals surface area contributed by atoms with Gasteiger partial charge in [-0.3, -0.25) is 9.97 Å². The summed E-state index contributed by atoms with van der Waals surface area (Å²) in [6.45, 7) is 0. The van der Waals surface area contributed by atoms with Crippen molar-refractivity contribution < 1.29 is 14.9 Å². The van der Waals surface area contributed by atoms with Gasteiger partial charge in [-0.2, -0.15) is 5.26 Å². The van der Waals surface area contributed by atoms with Crippen LogP contribution in [0, 0.1) is 16.2 Å². The van der Waals surface area contributed by atoms with Crippen LogP contribution in [0.5, 0.6) is 11.5 Å². The highest BCUT2D eigenvalue weighted by Gasteiger charge is 2.17. The average Bonchev–Trinajstić information content (AvgIpc) is 2.56. The number of phenols is 1. The molecule has 0 fully saturated rings. The zero-order valence-electron chi connectivity index (χ0n) is 11.4. The third-order valence-corrected chi connectivity index (χ3v) is 2.81. The quantitative estimate of drug-likeness (QED) is 0.504. The van der Waals surface area contributed by atoms with E-state index in [0.717, 1.165) is 6.07 Å². The van der Waals surface area contributed by atoms with Crippen molar-refractivity contribution in [1.82, 2.24) is 9.97 Å². The number of nitroso groups, excluding NO2 is 1. The smallest absolute Gasteiger partial charge is 0.187 e. The first-order valence-electron chi connectivity index (χ1n) is 5.96. The lowest BCUT2D eigenvalue weighted by Crippen LogP contribution is -1.95. The molecule has 0 bridgehead atoms. The third-order valence-electron chi connectivity index (χ3n) is 2.81. The van der Waals surface area contributed by atoms with E-state index in [4.69, 9.17) is 4.74 Å². The Labute approximate surface area is 124 Å². The number of aliphatic hydroxyl groups excluding tert-OH is 1. The van der Waals surface area contributed by atoms with E-state index >= 15 is 0 Å². The molecule has 0 amide bonds. The van der Waals surface area contributed by atoms with Crippen LogP contribution in [-0.2, 0) is 0 Å². The number of methoxy groups -OCH3 is 1. The van der Waals surface area contributed by atoms with Crippen LogP contribution in [0.2, 0.25) is 0 Å². The first-order valence-corrected chi connectivity index (χ1v) is 5.96. The molecule has 2 aromatic rings. The summed E-state index contributed by atoms with van der Waals surface area (Å²) < 4.78 is 4.90. The SMILES string of the molecule is COc1cc(/C(O)=C(\C#N)c2cnccn2)cc(N=O)c1O. The molecule has 2 rings (SSSR count). The van der Waals surface area contributed by atoms with Crippen molar-refractivity contribution in [3.05, 3.63) is 46.9 Å². The number of benzene rings is 1. The van der Waals surface area contributed by atoms with E-state index in [1.165, 1.54) is 31.8 Å². The van der Waals surface area contributed by atoms with E-state index in [9.17, 15) is 20.4 Å². The Morgan fingerprint density at radius 3 is 2.73 bits per heavy atom. The molecule has 0 atom stereocenters. The number of ether oxygens (including phenoxy) is 1. The lowest BCUT2D eigenvalue weighted by molar-refractivity contribution is 0.374. The molecule has 8 heteroatoms. The second kappa shape index (κ2) is 6.32. The third kappa shape index (κ3) is 2.69. The Morgan fingerprint density at radius 1 is 1.41 bits per heavy atom. The zero-order valence-corrected chi connectivity index (χ0v) is 11.4. The predicted molar refractivity (Wildman–Crippen MR) is 77.2 cm³/mol. The number of hydrogen-bond donors (Lipinski definition) is 2. The topological polar surface area (TPSA) is 129 Å². The van der Waals surface area contributed by atoms with E-state index in [1.54, 1.807) is 0 Å². The molecule has 0 unspecified atom stereocenters. The van der Waals surface area contributed by atoms with Crippen molar-refractivity contribution in [2.45, 2.75) is 0 Å². The van der Waals surface area contributed by atoms with Crippen LogP contribution in [0.15, 0.2) is 35.9 Å². The van der Waals surface area contributed by atoms with Crippen molar-refractivity contribution >= 4 is 17.0 Å². The van der Waals surface area contributed by atoms with E-state index in [-0.39, 0.29) is 28.3 Å². The van der Waals surface area contributed by atoms with Gasteiger partial charge in [-0.25, -0.2) is 0 Å². The lowest BCUT2D eigenvalue weighted by atomic mass is 10.1. The summed E-state index contributed by atoms with van der Waals surface area (Å²) in [5, 5.41) is 31.8. The molecular formula is C14H10N4O4. The molecule has 2 N–H and O–H groups in total. The van der Waals surface area contributed by atoms with Gasteiger partial charge < -0.3 is 14.9 Å². The molecule has 0 saturated heterocycles. The van der Waals surface area contributed by atoms with E-state index in [0.29, 0.717) is 0 Å². The van der Waals surface area contributed by atoms with Gasteiger partial charge in [0.15, 0.2) is 17.2 Å². The zero-order chi connectivity index (χ0) is 16.1. The van der Waals surface area contributed by atoms with Crippen molar-refractivity contribution in [3.8, 4) is 17.6 Å². The maximum atomic E-state index is 10.7. The summed E-state index contributed by atoms with van der Waals surface area (Å²) in [7, 11) is 1.28. The molecule has 22 heavy (non-hydrogen) atoms. The molecule has 0 aliphatic rings. The molecule has 0 spiro atoms. The fourth-order valence-corrected chi connectivity index (χ4v) is 1.76. The summed E-state index contributed by atoms with van der Waals surface area (Å²) in [4.78, 5) is 18.5. The molecule has 1 aromatic heterocycles. The Kier molecular flexibility index (Phi) is 4.29. The Hall–Kier alpha value is -3.47. The Morgan fingerprint density at radius 2 is 2.18 bits per heavy atom. The average molecular weight is 298 g/mol. The molecule has 8 nitrogen and oxygen atoms in total. The van der Waals surface area contributed by atoms with Crippen LogP contribution in [-0.4, -0.2) is 27.3 Å². The van der Waals surface area contributed by atoms with Crippen molar-refractivity contribution in [1.29, 1.82) is 5.26 Å². The van der Waals surface area contributed by atoms with Crippen molar-refractivity contribution in [3.63, 3.8) is 0 Å². The van der Waals surface area contributed by atoms with Crippen molar-refractivity contribution in [2.75, 3.05) is 7.11 Å². The molecule has 1 heterocycles. The lowest BCUT2D eigenvalue weighted by Gasteiger charge is -2.09. The monoisotopic (exact) mass is 298 g/mol. The molecule has 0 saturated carbocycles. The number of hydrogen-bond acceptors (Lipinski definition) is 8. The van der Waals surface area contributed by atoms with Gasteiger partial charge in [-0.1, -0.05) is 0 Å². The molecule has 0 aliphatic heterocycles. The van der Waals surface area contributed by atoms with Gasteiger partial charge >= 0.3 is 0 Å². The van der Waals surface area contributed by atoms with Crippen LogP contribution in [0.25, 0.3) is 11.3 Å². The number of aliphatic hydroxyl groups is 1. The van der Waals surface area contributed by atoms with Gasteiger partial charge in [-0.05, 0) is 17.3 Å². The first kappa shape index (κ1) is 14.9. The maximum Gasteiger partial charge on any atom is 0.187 e. The molecule has 110 valence electrons. The molecule has 0 aliphatic carbocycles. The largest absolute Gasteiger partial charge is 0.506 e. The standard InChI is InChI=1S/C14H10N4O4/c1-22-12-5-8(4-10(18-21)14(12)20)13(19)9(6-15)11-7-16-2-3-17-11/h2-5,7,19-20H,1H3/b13-9-. The van der Waals surface area contributed by atoms with Gasteiger partial charge in [0.2, 0.25) is 0 Å². The first-order chi connectivity index (χ1) is 10.6.